The molecule has 0 saturated carbocycles. The summed E-state index contributed by atoms with van der Waals surface area (Å²) < 4.78 is 6.19. The van der Waals surface area contributed by atoms with Crippen molar-refractivity contribution in [2.24, 2.45) is 0 Å². The van der Waals surface area contributed by atoms with Crippen molar-refractivity contribution in [3.8, 4) is 5.75 Å². The molecule has 7 heteroatoms. The highest BCUT2D eigenvalue weighted by Crippen LogP contribution is 2.23. The lowest BCUT2D eigenvalue weighted by molar-refractivity contribution is -0.134. The van der Waals surface area contributed by atoms with E-state index in [2.05, 4.69) is 27.3 Å². The first-order valence-electron chi connectivity index (χ1n) is 8.47. The van der Waals surface area contributed by atoms with Crippen molar-refractivity contribution in [1.29, 1.82) is 0 Å². The fourth-order valence-corrected chi connectivity index (χ4v) is 4.01. The van der Waals surface area contributed by atoms with Crippen LogP contribution in [0, 0.1) is 0 Å². The third kappa shape index (κ3) is 6.46. The standard InChI is InChI=1S/C19H23BrN2O3S/c1-3-22(19(24)6-4-5-16-11-12-17(20)26-16)13-18(23)21-14-7-9-15(25-2)10-8-14/h7-12H,3-6,13H2,1-2H3,(H,21,23). The van der Waals surface area contributed by atoms with Crippen molar-refractivity contribution in [2.45, 2.75) is 26.2 Å². The average Bonchev–Trinajstić information content (AvgIpc) is 3.05. The quantitative estimate of drug-likeness (QED) is 0.633. The summed E-state index contributed by atoms with van der Waals surface area (Å²) in [7, 11) is 1.59. The van der Waals surface area contributed by atoms with Crippen LogP contribution in [0.5, 0.6) is 5.75 Å². The van der Waals surface area contributed by atoms with Gasteiger partial charge >= 0.3 is 0 Å². The predicted octanol–water partition coefficient (Wildman–Crippen LogP) is 4.33. The number of halogens is 1. The Morgan fingerprint density at radius 3 is 2.50 bits per heavy atom. The first-order valence-corrected chi connectivity index (χ1v) is 10.1. The zero-order valence-corrected chi connectivity index (χ0v) is 17.4. The number of methoxy groups -OCH3 is 1. The third-order valence-electron chi connectivity index (χ3n) is 3.89. The van der Waals surface area contributed by atoms with Crippen molar-refractivity contribution in [3.63, 3.8) is 0 Å². The summed E-state index contributed by atoms with van der Waals surface area (Å²) in [5.41, 5.74) is 0.683. The van der Waals surface area contributed by atoms with Gasteiger partial charge in [-0.2, -0.15) is 0 Å². The van der Waals surface area contributed by atoms with Crippen LogP contribution in [0.1, 0.15) is 24.6 Å². The van der Waals surface area contributed by atoms with Gasteiger partial charge in [0, 0.05) is 23.5 Å². The summed E-state index contributed by atoms with van der Waals surface area (Å²) >= 11 is 5.13. The molecule has 0 aliphatic heterocycles. The lowest BCUT2D eigenvalue weighted by Gasteiger charge is -2.20. The van der Waals surface area contributed by atoms with Gasteiger partial charge in [-0.3, -0.25) is 9.59 Å². The van der Waals surface area contributed by atoms with Crippen molar-refractivity contribution >= 4 is 44.8 Å². The zero-order valence-electron chi connectivity index (χ0n) is 15.0. The van der Waals surface area contributed by atoms with Crippen molar-refractivity contribution in [1.82, 2.24) is 4.90 Å². The largest absolute Gasteiger partial charge is 0.497 e. The van der Waals surface area contributed by atoms with Gasteiger partial charge in [-0.05, 0) is 72.1 Å². The van der Waals surface area contributed by atoms with Gasteiger partial charge in [-0.25, -0.2) is 0 Å². The van der Waals surface area contributed by atoms with Crippen molar-refractivity contribution in [3.05, 3.63) is 45.1 Å². The Balaban J connectivity index is 1.78. The number of carbonyl (C=O) groups is 2. The van der Waals surface area contributed by atoms with Crippen LogP contribution >= 0.6 is 27.3 Å². The maximum Gasteiger partial charge on any atom is 0.243 e. The van der Waals surface area contributed by atoms with Crippen LogP contribution in [0.15, 0.2) is 40.2 Å². The SMILES string of the molecule is CCN(CC(=O)Nc1ccc(OC)cc1)C(=O)CCCc1ccc(Br)s1. The number of carbonyl (C=O) groups excluding carboxylic acids is 2. The Bertz CT molecular complexity index is 731. The second-order valence-corrected chi connectivity index (χ2v) is 8.29. The van der Waals surface area contributed by atoms with Gasteiger partial charge in [0.15, 0.2) is 0 Å². The normalized spacial score (nSPS) is 10.4. The van der Waals surface area contributed by atoms with E-state index in [9.17, 15) is 9.59 Å². The molecule has 1 N–H and O–H groups in total. The number of aryl methyl sites for hydroxylation is 1. The summed E-state index contributed by atoms with van der Waals surface area (Å²) in [6.45, 7) is 2.46. The predicted molar refractivity (Wildman–Crippen MR) is 109 cm³/mol. The molecule has 0 radical (unpaired) electrons. The molecule has 0 saturated heterocycles. The molecule has 5 nitrogen and oxygen atoms in total. The van der Waals surface area contributed by atoms with E-state index in [1.54, 1.807) is 47.6 Å². The van der Waals surface area contributed by atoms with Gasteiger partial charge < -0.3 is 15.0 Å². The molecule has 0 spiro atoms. The van der Waals surface area contributed by atoms with E-state index in [0.29, 0.717) is 18.7 Å². The first kappa shape index (κ1) is 20.5. The molecule has 0 fully saturated rings. The van der Waals surface area contributed by atoms with Gasteiger partial charge in [-0.15, -0.1) is 11.3 Å². The van der Waals surface area contributed by atoms with E-state index in [1.165, 1.54) is 4.88 Å². The molecule has 1 heterocycles. The van der Waals surface area contributed by atoms with Crippen LogP contribution < -0.4 is 10.1 Å². The first-order chi connectivity index (χ1) is 12.5. The third-order valence-corrected chi connectivity index (χ3v) is 5.57. The van der Waals surface area contributed by atoms with Crippen molar-refractivity contribution in [2.75, 3.05) is 25.5 Å². The molecule has 26 heavy (non-hydrogen) atoms. The summed E-state index contributed by atoms with van der Waals surface area (Å²) in [6.07, 6.45) is 2.10. The molecule has 0 bridgehead atoms. The zero-order chi connectivity index (χ0) is 18.9. The van der Waals surface area contributed by atoms with Gasteiger partial charge in [0.2, 0.25) is 11.8 Å². The molecular weight excluding hydrogens is 416 g/mol. The minimum Gasteiger partial charge on any atom is -0.497 e. The van der Waals surface area contributed by atoms with E-state index in [4.69, 9.17) is 4.74 Å². The summed E-state index contributed by atoms with van der Waals surface area (Å²) in [5, 5.41) is 2.81. The molecular formula is C19H23BrN2O3S. The number of nitrogens with zero attached hydrogens (tertiary/aromatic N) is 1. The summed E-state index contributed by atoms with van der Waals surface area (Å²) in [6, 6.07) is 11.2. The van der Waals surface area contributed by atoms with E-state index in [-0.39, 0.29) is 18.4 Å². The topological polar surface area (TPSA) is 58.6 Å². The van der Waals surface area contributed by atoms with E-state index >= 15 is 0 Å². The minimum absolute atomic E-state index is 0.00741. The molecule has 1 aromatic heterocycles. The Morgan fingerprint density at radius 2 is 1.92 bits per heavy atom. The fourth-order valence-electron chi connectivity index (χ4n) is 2.48. The Morgan fingerprint density at radius 1 is 1.19 bits per heavy atom. The Labute approximate surface area is 166 Å². The maximum absolute atomic E-state index is 12.4. The van der Waals surface area contributed by atoms with Crippen LogP contribution in [0.25, 0.3) is 0 Å². The molecule has 2 amide bonds. The van der Waals surface area contributed by atoms with Crippen LogP contribution in [-0.4, -0.2) is 36.9 Å². The van der Waals surface area contributed by atoms with Gasteiger partial charge in [0.05, 0.1) is 17.4 Å². The maximum atomic E-state index is 12.4. The number of hydrogen-bond acceptors (Lipinski definition) is 4. The van der Waals surface area contributed by atoms with Crippen LogP contribution in [0.3, 0.4) is 0 Å². The molecule has 0 unspecified atom stereocenters. The second-order valence-electron chi connectivity index (χ2n) is 5.74. The molecule has 140 valence electrons. The van der Waals surface area contributed by atoms with E-state index in [0.717, 1.165) is 22.4 Å². The number of benzene rings is 1. The molecule has 0 aliphatic rings. The number of likely N-dealkylation sites (N-methyl/N-ethyl adjacent to an activating group) is 1. The van der Waals surface area contributed by atoms with Crippen LogP contribution in [0.4, 0.5) is 5.69 Å². The number of rotatable bonds is 9. The number of ether oxygens (including phenoxy) is 1. The second kappa shape index (κ2) is 10.3. The van der Waals surface area contributed by atoms with Gasteiger partial charge in [-0.1, -0.05) is 0 Å². The monoisotopic (exact) mass is 438 g/mol. The van der Waals surface area contributed by atoms with Crippen LogP contribution in [-0.2, 0) is 16.0 Å². The summed E-state index contributed by atoms with van der Waals surface area (Å²) in [4.78, 5) is 27.4. The Hall–Kier alpha value is -1.86. The van der Waals surface area contributed by atoms with Crippen molar-refractivity contribution < 1.29 is 14.3 Å². The molecule has 0 aliphatic carbocycles. The Kier molecular flexibility index (Phi) is 8.12. The smallest absolute Gasteiger partial charge is 0.243 e. The lowest BCUT2D eigenvalue weighted by Crippen LogP contribution is -2.37. The van der Waals surface area contributed by atoms with E-state index in [1.807, 2.05) is 13.0 Å². The summed E-state index contributed by atoms with van der Waals surface area (Å²) in [5.74, 6) is 0.534. The number of thiophene rings is 1. The highest BCUT2D eigenvalue weighted by atomic mass is 79.9. The van der Waals surface area contributed by atoms with E-state index < -0.39 is 0 Å². The average molecular weight is 439 g/mol. The van der Waals surface area contributed by atoms with Gasteiger partial charge in [0.1, 0.15) is 5.75 Å². The number of anilines is 1. The fraction of sp³-hybridized carbons (Fsp3) is 0.368. The number of hydrogen-bond donors (Lipinski definition) is 1. The minimum atomic E-state index is -0.201. The highest BCUT2D eigenvalue weighted by Gasteiger charge is 2.15. The van der Waals surface area contributed by atoms with Crippen LogP contribution in [0.2, 0.25) is 0 Å². The number of nitrogens with one attached hydrogen (secondary N) is 1. The molecule has 1 aromatic carbocycles. The lowest BCUT2D eigenvalue weighted by atomic mass is 10.2. The molecule has 2 rings (SSSR count). The molecule has 2 aromatic rings. The molecule has 0 atom stereocenters. The number of amides is 2. The highest BCUT2D eigenvalue weighted by molar-refractivity contribution is 9.11. The van der Waals surface area contributed by atoms with Gasteiger partial charge in [0.25, 0.3) is 0 Å².